The summed E-state index contributed by atoms with van der Waals surface area (Å²) in [5.41, 5.74) is 1.58. The zero-order valence-electron chi connectivity index (χ0n) is 19.6. The first-order chi connectivity index (χ1) is 16.1. The predicted molar refractivity (Wildman–Crippen MR) is 127 cm³/mol. The minimum atomic E-state index is -3.86. The molecule has 0 bridgehead atoms. The number of esters is 1. The van der Waals surface area contributed by atoms with Crippen LogP contribution in [0.5, 0.6) is 5.75 Å². The van der Waals surface area contributed by atoms with Crippen LogP contribution in [0.3, 0.4) is 0 Å². The van der Waals surface area contributed by atoms with Gasteiger partial charge in [0.15, 0.2) is 6.10 Å². The van der Waals surface area contributed by atoms with Crippen LogP contribution in [0.25, 0.3) is 0 Å². The number of benzene rings is 2. The summed E-state index contributed by atoms with van der Waals surface area (Å²) in [6.45, 7) is 4.41. The molecule has 3 rings (SSSR count). The van der Waals surface area contributed by atoms with Crippen molar-refractivity contribution in [1.82, 2.24) is 4.31 Å². The van der Waals surface area contributed by atoms with Gasteiger partial charge in [-0.1, -0.05) is 0 Å². The van der Waals surface area contributed by atoms with Crippen molar-refractivity contribution >= 4 is 33.3 Å². The third kappa shape index (κ3) is 5.85. The van der Waals surface area contributed by atoms with Crippen LogP contribution in [0.1, 0.15) is 17.3 Å². The van der Waals surface area contributed by atoms with Crippen LogP contribution < -0.4 is 15.0 Å². The van der Waals surface area contributed by atoms with Gasteiger partial charge in [-0.05, 0) is 49.4 Å². The minimum absolute atomic E-state index is 0.0178. The van der Waals surface area contributed by atoms with Crippen LogP contribution in [0.2, 0.25) is 0 Å². The first-order valence-electron chi connectivity index (χ1n) is 10.7. The van der Waals surface area contributed by atoms with Crippen LogP contribution in [0.4, 0.5) is 11.4 Å². The molecule has 2 aromatic rings. The quantitative estimate of drug-likeness (QED) is 0.558. The van der Waals surface area contributed by atoms with Gasteiger partial charge in [-0.3, -0.25) is 4.79 Å². The Morgan fingerprint density at radius 3 is 2.32 bits per heavy atom. The molecule has 1 heterocycles. The summed E-state index contributed by atoms with van der Waals surface area (Å²) in [5, 5.41) is 2.72. The SMILES string of the molecule is COc1ccc(C(=O)O[C@H](C)C(=O)Nc2ccc(N3CCOCC3)cc2)cc1S(=O)(=O)N(C)C. The lowest BCUT2D eigenvalue weighted by molar-refractivity contribution is -0.123. The average Bonchev–Trinajstić information content (AvgIpc) is 2.84. The van der Waals surface area contributed by atoms with E-state index in [1.165, 1.54) is 46.3 Å². The van der Waals surface area contributed by atoms with Crippen molar-refractivity contribution in [2.75, 3.05) is 57.7 Å². The standard InChI is InChI=1S/C23H29N3O7S/c1-16(22(27)24-18-6-8-19(9-7-18)26-11-13-32-14-12-26)33-23(28)17-5-10-20(31-4)21(15-17)34(29,30)25(2)3/h5-10,15-16H,11-14H2,1-4H3,(H,24,27)/t16-/m1/s1. The first-order valence-corrected chi connectivity index (χ1v) is 12.1. The van der Waals surface area contributed by atoms with Crippen molar-refractivity contribution in [3.05, 3.63) is 48.0 Å². The lowest BCUT2D eigenvalue weighted by Gasteiger charge is -2.28. The lowest BCUT2D eigenvalue weighted by Crippen LogP contribution is -2.36. The second kappa shape index (κ2) is 10.9. The number of morpholine rings is 1. The number of carbonyl (C=O) groups is 2. The molecule has 1 amide bonds. The van der Waals surface area contributed by atoms with E-state index in [-0.39, 0.29) is 16.2 Å². The van der Waals surface area contributed by atoms with Gasteiger partial charge in [-0.25, -0.2) is 17.5 Å². The Balaban J connectivity index is 1.65. The maximum atomic E-state index is 12.6. The molecule has 2 aromatic carbocycles. The third-order valence-electron chi connectivity index (χ3n) is 5.32. The van der Waals surface area contributed by atoms with Crippen molar-refractivity contribution in [2.45, 2.75) is 17.9 Å². The van der Waals surface area contributed by atoms with Gasteiger partial charge >= 0.3 is 5.97 Å². The zero-order valence-corrected chi connectivity index (χ0v) is 20.4. The Morgan fingerprint density at radius 2 is 1.74 bits per heavy atom. The molecule has 34 heavy (non-hydrogen) atoms. The number of hydrogen-bond acceptors (Lipinski definition) is 8. The van der Waals surface area contributed by atoms with Crippen molar-refractivity contribution < 1.29 is 32.2 Å². The summed E-state index contributed by atoms with van der Waals surface area (Å²) in [6, 6.07) is 11.3. The number of amides is 1. The molecular formula is C23H29N3O7S. The van der Waals surface area contributed by atoms with Crippen LogP contribution in [0, 0.1) is 0 Å². The number of carbonyl (C=O) groups excluding carboxylic acids is 2. The van der Waals surface area contributed by atoms with Crippen molar-refractivity contribution in [2.24, 2.45) is 0 Å². The van der Waals surface area contributed by atoms with Crippen molar-refractivity contribution in [1.29, 1.82) is 0 Å². The molecule has 0 spiro atoms. The summed E-state index contributed by atoms with van der Waals surface area (Å²) in [5.74, 6) is -1.25. The number of hydrogen-bond donors (Lipinski definition) is 1. The summed E-state index contributed by atoms with van der Waals surface area (Å²) < 4.78 is 41.9. The van der Waals surface area contributed by atoms with Gasteiger partial charge in [0.1, 0.15) is 10.6 Å². The number of rotatable bonds is 8. The second-order valence-corrected chi connectivity index (χ2v) is 9.96. The normalized spacial score (nSPS) is 15.0. The van der Waals surface area contributed by atoms with Crippen LogP contribution >= 0.6 is 0 Å². The van der Waals surface area contributed by atoms with Crippen molar-refractivity contribution in [3.8, 4) is 5.75 Å². The van der Waals surface area contributed by atoms with E-state index in [2.05, 4.69) is 10.2 Å². The molecule has 11 heteroatoms. The molecule has 1 atom stereocenters. The van der Waals surface area contributed by atoms with E-state index in [9.17, 15) is 18.0 Å². The number of nitrogens with one attached hydrogen (secondary N) is 1. The highest BCUT2D eigenvalue weighted by Crippen LogP contribution is 2.27. The molecule has 0 saturated carbocycles. The second-order valence-electron chi connectivity index (χ2n) is 7.84. The zero-order chi connectivity index (χ0) is 24.9. The highest BCUT2D eigenvalue weighted by Gasteiger charge is 2.26. The molecule has 1 aliphatic heterocycles. The Kier molecular flexibility index (Phi) is 8.13. The summed E-state index contributed by atoms with van der Waals surface area (Å²) >= 11 is 0. The van der Waals surface area contributed by atoms with Crippen LogP contribution in [0.15, 0.2) is 47.4 Å². The molecule has 1 N–H and O–H groups in total. The molecule has 10 nitrogen and oxygen atoms in total. The third-order valence-corrected chi connectivity index (χ3v) is 7.16. The molecular weight excluding hydrogens is 462 g/mol. The number of nitrogens with zero attached hydrogens (tertiary/aromatic N) is 2. The Labute approximate surface area is 199 Å². The van der Waals surface area contributed by atoms with Crippen LogP contribution in [-0.2, 0) is 24.3 Å². The lowest BCUT2D eigenvalue weighted by atomic mass is 10.2. The van der Waals surface area contributed by atoms with Crippen LogP contribution in [-0.4, -0.2) is 78.2 Å². The van der Waals surface area contributed by atoms with E-state index in [4.69, 9.17) is 14.2 Å². The van der Waals surface area contributed by atoms with Gasteiger partial charge in [0.2, 0.25) is 10.0 Å². The maximum absolute atomic E-state index is 12.6. The predicted octanol–water partition coefficient (Wildman–Crippen LogP) is 1.97. The Hall–Kier alpha value is -3.15. The van der Waals surface area contributed by atoms with E-state index in [1.54, 1.807) is 12.1 Å². The molecule has 0 aromatic heterocycles. The van der Waals surface area contributed by atoms with Gasteiger partial charge in [0, 0.05) is 38.6 Å². The summed E-state index contributed by atoms with van der Waals surface area (Å²) in [7, 11) is 0.222. The molecule has 184 valence electrons. The van der Waals surface area contributed by atoms with E-state index >= 15 is 0 Å². The molecule has 0 unspecified atom stereocenters. The number of ether oxygens (including phenoxy) is 3. The summed E-state index contributed by atoms with van der Waals surface area (Å²) in [4.78, 5) is 27.2. The molecule has 1 aliphatic rings. The minimum Gasteiger partial charge on any atom is -0.495 e. The number of anilines is 2. The summed E-state index contributed by atoms with van der Waals surface area (Å²) in [6.07, 6.45) is -1.11. The molecule has 0 radical (unpaired) electrons. The van der Waals surface area contributed by atoms with E-state index < -0.39 is 28.0 Å². The largest absolute Gasteiger partial charge is 0.495 e. The number of sulfonamides is 1. The van der Waals surface area contributed by atoms with Gasteiger partial charge < -0.3 is 24.4 Å². The van der Waals surface area contributed by atoms with Gasteiger partial charge in [0.05, 0.1) is 25.9 Å². The van der Waals surface area contributed by atoms with Gasteiger partial charge in [-0.2, -0.15) is 0 Å². The fourth-order valence-corrected chi connectivity index (χ4v) is 4.38. The Morgan fingerprint density at radius 1 is 1.09 bits per heavy atom. The Bertz CT molecular complexity index is 1130. The fourth-order valence-electron chi connectivity index (χ4n) is 3.31. The highest BCUT2D eigenvalue weighted by molar-refractivity contribution is 7.89. The molecule has 1 saturated heterocycles. The fraction of sp³-hybridized carbons (Fsp3) is 0.391. The van der Waals surface area contributed by atoms with E-state index in [0.717, 1.165) is 23.1 Å². The van der Waals surface area contributed by atoms with Gasteiger partial charge in [-0.15, -0.1) is 0 Å². The molecule has 1 fully saturated rings. The first kappa shape index (κ1) is 25.5. The smallest absolute Gasteiger partial charge is 0.338 e. The maximum Gasteiger partial charge on any atom is 0.338 e. The van der Waals surface area contributed by atoms with Gasteiger partial charge in [0.25, 0.3) is 5.91 Å². The average molecular weight is 492 g/mol. The number of methoxy groups -OCH3 is 1. The topological polar surface area (TPSA) is 114 Å². The van der Waals surface area contributed by atoms with Crippen molar-refractivity contribution in [3.63, 3.8) is 0 Å². The highest BCUT2D eigenvalue weighted by atomic mass is 32.2. The van der Waals surface area contributed by atoms with E-state index in [0.29, 0.717) is 18.9 Å². The monoisotopic (exact) mass is 491 g/mol. The van der Waals surface area contributed by atoms with E-state index in [1.807, 2.05) is 12.1 Å². The molecule has 0 aliphatic carbocycles.